The van der Waals surface area contributed by atoms with Crippen molar-refractivity contribution in [3.63, 3.8) is 0 Å². The lowest BCUT2D eigenvalue weighted by Crippen LogP contribution is -2.34. The van der Waals surface area contributed by atoms with Gasteiger partial charge < -0.3 is 10.1 Å². The molecule has 2 N–H and O–H groups in total. The van der Waals surface area contributed by atoms with Gasteiger partial charge in [0, 0.05) is 17.3 Å². The number of anilines is 1. The highest BCUT2D eigenvalue weighted by molar-refractivity contribution is 7.80. The molecule has 0 radical (unpaired) electrons. The first-order valence-electron chi connectivity index (χ1n) is 8.00. The second-order valence-corrected chi connectivity index (χ2v) is 5.91. The van der Waals surface area contributed by atoms with Gasteiger partial charge in [0.2, 0.25) is 0 Å². The van der Waals surface area contributed by atoms with Crippen molar-refractivity contribution in [2.75, 3.05) is 11.9 Å². The third-order valence-corrected chi connectivity index (χ3v) is 3.60. The van der Waals surface area contributed by atoms with Crippen molar-refractivity contribution >= 4 is 28.9 Å². The van der Waals surface area contributed by atoms with Gasteiger partial charge >= 0.3 is 0 Å². The van der Waals surface area contributed by atoms with Crippen LogP contribution in [0.15, 0.2) is 48.5 Å². The largest absolute Gasteiger partial charge is 0.494 e. The summed E-state index contributed by atoms with van der Waals surface area (Å²) in [6.07, 6.45) is 2.11. The first kappa shape index (κ1) is 17.9. The second-order valence-electron chi connectivity index (χ2n) is 5.50. The average molecular weight is 342 g/mol. The highest BCUT2D eigenvalue weighted by atomic mass is 32.1. The average Bonchev–Trinajstić information content (AvgIpc) is 2.56. The van der Waals surface area contributed by atoms with Crippen LogP contribution in [0.5, 0.6) is 5.75 Å². The summed E-state index contributed by atoms with van der Waals surface area (Å²) in [7, 11) is 0. The van der Waals surface area contributed by atoms with E-state index in [4.69, 9.17) is 17.0 Å². The fourth-order valence-electron chi connectivity index (χ4n) is 2.04. The lowest BCUT2D eigenvalue weighted by molar-refractivity contribution is 0.0977. The molecular weight excluding hydrogens is 320 g/mol. The molecule has 24 heavy (non-hydrogen) atoms. The summed E-state index contributed by atoms with van der Waals surface area (Å²) >= 11 is 5.20. The smallest absolute Gasteiger partial charge is 0.257 e. The van der Waals surface area contributed by atoms with Crippen LogP contribution < -0.4 is 15.4 Å². The number of amides is 1. The molecule has 0 atom stereocenters. The Labute approximate surface area is 148 Å². The number of carbonyl (C=O) groups is 1. The molecule has 0 saturated carbocycles. The van der Waals surface area contributed by atoms with E-state index in [1.165, 1.54) is 0 Å². The Morgan fingerprint density at radius 2 is 1.92 bits per heavy atom. The molecule has 0 bridgehead atoms. The Morgan fingerprint density at radius 3 is 2.62 bits per heavy atom. The molecule has 0 heterocycles. The molecule has 5 heteroatoms. The third-order valence-electron chi connectivity index (χ3n) is 3.40. The van der Waals surface area contributed by atoms with E-state index in [1.54, 1.807) is 12.1 Å². The van der Waals surface area contributed by atoms with E-state index < -0.39 is 0 Å². The maximum atomic E-state index is 12.1. The molecule has 0 unspecified atom stereocenters. The number of benzene rings is 2. The van der Waals surface area contributed by atoms with E-state index in [0.717, 1.165) is 29.8 Å². The summed E-state index contributed by atoms with van der Waals surface area (Å²) in [5, 5.41) is 5.94. The van der Waals surface area contributed by atoms with Crippen LogP contribution in [0, 0.1) is 6.92 Å². The van der Waals surface area contributed by atoms with Crippen LogP contribution >= 0.6 is 12.2 Å². The number of unbranched alkanes of at least 4 members (excludes halogenated alkanes) is 1. The van der Waals surface area contributed by atoms with Gasteiger partial charge in [-0.3, -0.25) is 10.1 Å². The summed E-state index contributed by atoms with van der Waals surface area (Å²) in [6, 6.07) is 14.8. The second kappa shape index (κ2) is 9.03. The SMILES string of the molecule is CCCCOc1cccc(NC(=S)NC(=O)c2ccc(C)cc2)c1. The van der Waals surface area contributed by atoms with Crippen LogP contribution in [0.3, 0.4) is 0 Å². The van der Waals surface area contributed by atoms with Crippen LogP contribution in [-0.2, 0) is 0 Å². The van der Waals surface area contributed by atoms with Gasteiger partial charge in [0.05, 0.1) is 6.61 Å². The van der Waals surface area contributed by atoms with Crippen molar-refractivity contribution in [3.05, 3.63) is 59.7 Å². The molecule has 1 amide bonds. The first-order chi connectivity index (χ1) is 11.6. The molecule has 0 fully saturated rings. The molecule has 0 aromatic heterocycles. The van der Waals surface area contributed by atoms with Crippen LogP contribution in [0.4, 0.5) is 5.69 Å². The molecule has 0 saturated heterocycles. The van der Waals surface area contributed by atoms with E-state index in [1.807, 2.05) is 43.3 Å². The number of thiocarbonyl (C=S) groups is 1. The predicted molar refractivity (Wildman–Crippen MR) is 102 cm³/mol. The first-order valence-corrected chi connectivity index (χ1v) is 8.41. The molecule has 0 spiro atoms. The van der Waals surface area contributed by atoms with Crippen LogP contribution in [0.1, 0.15) is 35.7 Å². The van der Waals surface area contributed by atoms with Crippen LogP contribution in [0.25, 0.3) is 0 Å². The molecular formula is C19H22N2O2S. The lowest BCUT2D eigenvalue weighted by Gasteiger charge is -2.11. The minimum absolute atomic E-state index is 0.233. The number of nitrogens with one attached hydrogen (secondary N) is 2. The van der Waals surface area contributed by atoms with E-state index in [0.29, 0.717) is 12.2 Å². The van der Waals surface area contributed by atoms with Gasteiger partial charge in [-0.25, -0.2) is 0 Å². The monoisotopic (exact) mass is 342 g/mol. The maximum Gasteiger partial charge on any atom is 0.257 e. The highest BCUT2D eigenvalue weighted by Crippen LogP contribution is 2.17. The Kier molecular flexibility index (Phi) is 6.75. The van der Waals surface area contributed by atoms with Gasteiger partial charge in [0.25, 0.3) is 5.91 Å². The summed E-state index contributed by atoms with van der Waals surface area (Å²) in [5.74, 6) is 0.545. The summed E-state index contributed by atoms with van der Waals surface area (Å²) in [4.78, 5) is 12.1. The minimum atomic E-state index is -0.233. The zero-order valence-corrected chi connectivity index (χ0v) is 14.8. The van der Waals surface area contributed by atoms with E-state index in [-0.39, 0.29) is 11.0 Å². The van der Waals surface area contributed by atoms with Gasteiger partial charge in [-0.2, -0.15) is 0 Å². The number of aryl methyl sites for hydroxylation is 1. The molecule has 2 aromatic carbocycles. The number of carbonyl (C=O) groups excluding carboxylic acids is 1. The maximum absolute atomic E-state index is 12.1. The standard InChI is InChI=1S/C19H22N2O2S/c1-3-4-12-23-17-7-5-6-16(13-17)20-19(24)21-18(22)15-10-8-14(2)9-11-15/h5-11,13H,3-4,12H2,1-2H3,(H2,20,21,22,24). The quantitative estimate of drug-likeness (QED) is 0.607. The topological polar surface area (TPSA) is 50.4 Å². The molecule has 0 aliphatic heterocycles. The van der Waals surface area contributed by atoms with Crippen molar-refractivity contribution in [2.45, 2.75) is 26.7 Å². The van der Waals surface area contributed by atoms with Gasteiger partial charge in [0.1, 0.15) is 5.75 Å². The fourth-order valence-corrected chi connectivity index (χ4v) is 2.25. The van der Waals surface area contributed by atoms with Crippen LogP contribution in [-0.4, -0.2) is 17.6 Å². The van der Waals surface area contributed by atoms with E-state index in [9.17, 15) is 4.79 Å². The van der Waals surface area contributed by atoms with E-state index >= 15 is 0 Å². The zero-order valence-electron chi connectivity index (χ0n) is 14.0. The number of rotatable bonds is 6. The van der Waals surface area contributed by atoms with Crippen LogP contribution in [0.2, 0.25) is 0 Å². The van der Waals surface area contributed by atoms with E-state index in [2.05, 4.69) is 17.6 Å². The van der Waals surface area contributed by atoms with Gasteiger partial charge in [-0.15, -0.1) is 0 Å². The molecule has 0 aliphatic carbocycles. The summed E-state index contributed by atoms with van der Waals surface area (Å²) in [6.45, 7) is 4.79. The Hall–Kier alpha value is -2.40. The number of hydrogen-bond donors (Lipinski definition) is 2. The van der Waals surface area contributed by atoms with Gasteiger partial charge in [-0.1, -0.05) is 37.1 Å². The van der Waals surface area contributed by atoms with Crippen molar-refractivity contribution in [1.29, 1.82) is 0 Å². The summed E-state index contributed by atoms with van der Waals surface area (Å²) in [5.41, 5.74) is 2.45. The zero-order chi connectivity index (χ0) is 17.4. The number of ether oxygens (including phenoxy) is 1. The Bertz CT molecular complexity index is 699. The minimum Gasteiger partial charge on any atom is -0.494 e. The third kappa shape index (κ3) is 5.66. The predicted octanol–water partition coefficient (Wildman–Crippen LogP) is 4.30. The molecule has 4 nitrogen and oxygen atoms in total. The Balaban J connectivity index is 1.90. The molecule has 2 aromatic rings. The van der Waals surface area contributed by atoms with Crippen molar-refractivity contribution < 1.29 is 9.53 Å². The molecule has 2 rings (SSSR count). The number of hydrogen-bond acceptors (Lipinski definition) is 3. The van der Waals surface area contributed by atoms with Crippen molar-refractivity contribution in [1.82, 2.24) is 5.32 Å². The Morgan fingerprint density at radius 1 is 1.17 bits per heavy atom. The van der Waals surface area contributed by atoms with Gasteiger partial charge in [-0.05, 0) is 49.8 Å². The lowest BCUT2D eigenvalue weighted by atomic mass is 10.1. The van der Waals surface area contributed by atoms with Crippen molar-refractivity contribution in [3.8, 4) is 5.75 Å². The highest BCUT2D eigenvalue weighted by Gasteiger charge is 2.08. The van der Waals surface area contributed by atoms with Crippen molar-refractivity contribution in [2.24, 2.45) is 0 Å². The molecule has 0 aliphatic rings. The summed E-state index contributed by atoms with van der Waals surface area (Å²) < 4.78 is 5.66. The normalized spacial score (nSPS) is 10.1. The van der Waals surface area contributed by atoms with Gasteiger partial charge in [0.15, 0.2) is 5.11 Å². The fraction of sp³-hybridized carbons (Fsp3) is 0.263. The molecule has 126 valence electrons.